The van der Waals surface area contributed by atoms with Gasteiger partial charge in [-0.25, -0.2) is 9.59 Å². The molecule has 8 rings (SSSR count). The Hall–Kier alpha value is -6.94. The van der Waals surface area contributed by atoms with Gasteiger partial charge in [-0.1, -0.05) is 103 Å². The summed E-state index contributed by atoms with van der Waals surface area (Å²) in [5.74, 6) is 0.557. The van der Waals surface area contributed by atoms with Crippen LogP contribution in [0.25, 0.3) is 32.3 Å². The van der Waals surface area contributed by atoms with Crippen LogP contribution in [0, 0.1) is 6.92 Å². The summed E-state index contributed by atoms with van der Waals surface area (Å²) in [4.78, 5) is 34.6. The van der Waals surface area contributed by atoms with Gasteiger partial charge in [0, 0.05) is 29.1 Å². The van der Waals surface area contributed by atoms with Crippen LogP contribution in [0.3, 0.4) is 0 Å². The summed E-state index contributed by atoms with van der Waals surface area (Å²) in [5, 5.41) is 7.41. The molecular formula is C51H45NO8. The number of carbonyl (C=O) groups excluding carboxylic acids is 2. The van der Waals surface area contributed by atoms with E-state index in [0.717, 1.165) is 39.5 Å². The summed E-state index contributed by atoms with van der Waals surface area (Å²) in [6.45, 7) is 5.87. The summed E-state index contributed by atoms with van der Waals surface area (Å²) < 4.78 is 21.5. The number of aryl methyl sites for hydroxylation is 1. The van der Waals surface area contributed by atoms with Crippen molar-refractivity contribution in [3.63, 3.8) is 0 Å². The van der Waals surface area contributed by atoms with Crippen molar-refractivity contribution in [1.82, 2.24) is 0 Å². The van der Waals surface area contributed by atoms with Gasteiger partial charge in [-0.05, 0) is 112 Å². The van der Waals surface area contributed by atoms with Crippen molar-refractivity contribution in [2.45, 2.75) is 26.2 Å². The minimum atomic E-state index is -0.848. The second-order valence-electron chi connectivity index (χ2n) is 14.7. The molecule has 0 saturated carbocycles. The first-order valence-electron chi connectivity index (χ1n) is 19.8. The van der Waals surface area contributed by atoms with Crippen LogP contribution in [0.2, 0.25) is 0 Å². The van der Waals surface area contributed by atoms with Gasteiger partial charge in [0.2, 0.25) is 0 Å². The van der Waals surface area contributed by atoms with Crippen LogP contribution in [0.5, 0.6) is 11.5 Å². The third-order valence-corrected chi connectivity index (χ3v) is 11.0. The molecule has 0 fully saturated rings. The standard InChI is InChI=1S/C51H45NO8/c1-34-8-20-42(21-9-34)52(47-29-13-38-11-10-36-6-5-7-37-12-28-46(47)49(38)48(36)37)43-22-14-39(15-23-43)51(3,40-16-24-44(55-4)25-17-40)41-18-26-45(27-19-41)59-50(54)57-32-30-56-31-33-58-60-35(2)53/h5-29H,30-33H2,1-4H3. The predicted molar refractivity (Wildman–Crippen MR) is 235 cm³/mol. The molecule has 1 unspecified atom stereocenters. The van der Waals surface area contributed by atoms with Gasteiger partial charge in [0.15, 0.2) is 0 Å². The van der Waals surface area contributed by atoms with Crippen molar-refractivity contribution < 1.29 is 38.3 Å². The average molecular weight is 800 g/mol. The molecule has 60 heavy (non-hydrogen) atoms. The maximum absolute atomic E-state index is 12.5. The van der Waals surface area contributed by atoms with Gasteiger partial charge in [0.1, 0.15) is 24.7 Å². The summed E-state index contributed by atoms with van der Waals surface area (Å²) >= 11 is 0. The fraction of sp³-hybridized carbons (Fsp3) is 0.176. The topological polar surface area (TPSA) is 92.8 Å². The second-order valence-corrected chi connectivity index (χ2v) is 14.7. The zero-order chi connectivity index (χ0) is 41.6. The molecule has 302 valence electrons. The van der Waals surface area contributed by atoms with Crippen LogP contribution in [0.1, 0.15) is 36.1 Å². The molecule has 0 radical (unpaired) electrons. The van der Waals surface area contributed by atoms with Gasteiger partial charge in [0.25, 0.3) is 0 Å². The average Bonchev–Trinajstić information content (AvgIpc) is 3.27. The first-order valence-corrected chi connectivity index (χ1v) is 19.8. The van der Waals surface area contributed by atoms with E-state index < -0.39 is 17.5 Å². The van der Waals surface area contributed by atoms with E-state index in [0.29, 0.717) is 5.75 Å². The molecule has 0 aliphatic carbocycles. The minimum absolute atomic E-state index is 0.0198. The van der Waals surface area contributed by atoms with E-state index in [9.17, 15) is 9.59 Å². The summed E-state index contributed by atoms with van der Waals surface area (Å²) in [5.41, 5.74) is 6.90. The molecule has 0 N–H and O–H groups in total. The zero-order valence-electron chi connectivity index (χ0n) is 34.0. The molecule has 8 aromatic carbocycles. The Kier molecular flexibility index (Phi) is 11.6. The highest BCUT2D eigenvalue weighted by atomic mass is 17.2. The zero-order valence-corrected chi connectivity index (χ0v) is 34.0. The molecule has 1 atom stereocenters. The van der Waals surface area contributed by atoms with E-state index >= 15 is 0 Å². The first kappa shape index (κ1) is 39.9. The van der Waals surface area contributed by atoms with Gasteiger partial charge in [-0.3, -0.25) is 4.89 Å². The van der Waals surface area contributed by atoms with Gasteiger partial charge >= 0.3 is 12.1 Å². The molecular weight excluding hydrogens is 755 g/mol. The molecule has 0 saturated heterocycles. The number of nitrogens with zero attached hydrogens (tertiary/aromatic N) is 1. The maximum Gasteiger partial charge on any atom is 0.513 e. The van der Waals surface area contributed by atoms with Crippen LogP contribution in [-0.2, 0) is 29.5 Å². The molecule has 0 bridgehead atoms. The highest BCUT2D eigenvalue weighted by Crippen LogP contribution is 2.45. The molecule has 8 aromatic rings. The lowest BCUT2D eigenvalue weighted by Gasteiger charge is -2.33. The SMILES string of the molecule is COc1ccc(C(C)(c2ccc(OC(=O)OCCOCCOOC(C)=O)cc2)c2ccc(N(c3ccc(C)cc3)c3ccc4ccc5cccc6ccc3c4c56)cc2)cc1. The Morgan fingerprint density at radius 2 is 1.12 bits per heavy atom. The number of carbonyl (C=O) groups is 2. The molecule has 0 amide bonds. The van der Waals surface area contributed by atoms with E-state index in [4.69, 9.17) is 18.9 Å². The van der Waals surface area contributed by atoms with Gasteiger partial charge < -0.3 is 23.8 Å². The predicted octanol–water partition coefficient (Wildman–Crippen LogP) is 11.8. The number of methoxy groups -OCH3 is 1. The number of ether oxygens (including phenoxy) is 4. The second kappa shape index (κ2) is 17.5. The number of hydrogen-bond acceptors (Lipinski definition) is 9. The monoisotopic (exact) mass is 799 g/mol. The molecule has 9 heteroatoms. The number of hydrogen-bond donors (Lipinski definition) is 0. The van der Waals surface area contributed by atoms with Crippen molar-refractivity contribution in [3.05, 3.63) is 174 Å². The molecule has 9 nitrogen and oxygen atoms in total. The van der Waals surface area contributed by atoms with Crippen molar-refractivity contribution in [1.29, 1.82) is 0 Å². The Labute approximate surface area is 348 Å². The molecule has 0 aliphatic rings. The molecule has 0 heterocycles. The fourth-order valence-electron chi connectivity index (χ4n) is 7.89. The minimum Gasteiger partial charge on any atom is -0.497 e. The van der Waals surface area contributed by atoms with E-state index in [1.165, 1.54) is 44.8 Å². The van der Waals surface area contributed by atoms with E-state index in [1.54, 1.807) is 19.2 Å². The van der Waals surface area contributed by atoms with Crippen LogP contribution in [0.4, 0.5) is 21.9 Å². The van der Waals surface area contributed by atoms with Crippen LogP contribution < -0.4 is 14.4 Å². The largest absolute Gasteiger partial charge is 0.513 e. The van der Waals surface area contributed by atoms with Crippen LogP contribution in [-0.4, -0.2) is 45.7 Å². The van der Waals surface area contributed by atoms with Gasteiger partial charge in [0.05, 0.1) is 26.0 Å². The Morgan fingerprint density at radius 1 is 0.583 bits per heavy atom. The Morgan fingerprint density at radius 3 is 1.73 bits per heavy atom. The lowest BCUT2D eigenvalue weighted by atomic mass is 9.71. The van der Waals surface area contributed by atoms with Crippen LogP contribution in [0.15, 0.2) is 152 Å². The molecule has 0 aromatic heterocycles. The summed E-state index contributed by atoms with van der Waals surface area (Å²) in [6, 6.07) is 52.9. The molecule has 0 aliphatic heterocycles. The Bertz CT molecular complexity index is 2720. The molecule has 0 spiro atoms. The van der Waals surface area contributed by atoms with Crippen molar-refractivity contribution in [2.24, 2.45) is 0 Å². The quantitative estimate of drug-likeness (QED) is 0.0191. The number of rotatable bonds is 15. The highest BCUT2D eigenvalue weighted by molar-refractivity contribution is 6.25. The number of anilines is 3. The van der Waals surface area contributed by atoms with Crippen LogP contribution >= 0.6 is 0 Å². The third-order valence-electron chi connectivity index (χ3n) is 11.0. The summed E-state index contributed by atoms with van der Waals surface area (Å²) in [7, 11) is 1.66. The maximum atomic E-state index is 12.5. The third kappa shape index (κ3) is 8.18. The van der Waals surface area contributed by atoms with E-state index in [-0.39, 0.29) is 26.4 Å². The van der Waals surface area contributed by atoms with Gasteiger partial charge in [-0.2, -0.15) is 4.89 Å². The smallest absolute Gasteiger partial charge is 0.497 e. The normalized spacial score (nSPS) is 12.3. The lowest BCUT2D eigenvalue weighted by Crippen LogP contribution is -2.25. The number of benzene rings is 8. The van der Waals surface area contributed by atoms with Crippen molar-refractivity contribution >= 4 is 61.5 Å². The Balaban J connectivity index is 1.09. The van der Waals surface area contributed by atoms with Crippen molar-refractivity contribution in [3.8, 4) is 11.5 Å². The first-order chi connectivity index (χ1) is 29.2. The lowest BCUT2D eigenvalue weighted by molar-refractivity contribution is -0.274. The van der Waals surface area contributed by atoms with Crippen molar-refractivity contribution in [2.75, 3.05) is 38.4 Å². The van der Waals surface area contributed by atoms with Gasteiger partial charge in [-0.15, -0.1) is 0 Å². The highest BCUT2D eigenvalue weighted by Gasteiger charge is 2.32. The summed E-state index contributed by atoms with van der Waals surface area (Å²) in [6.07, 6.45) is -0.848. The van der Waals surface area contributed by atoms with E-state index in [2.05, 4.69) is 144 Å². The van der Waals surface area contributed by atoms with E-state index in [1.807, 2.05) is 24.3 Å². The fourth-order valence-corrected chi connectivity index (χ4v) is 7.89.